The van der Waals surface area contributed by atoms with Crippen LogP contribution >= 0.6 is 11.6 Å². The van der Waals surface area contributed by atoms with E-state index in [-0.39, 0.29) is 15.7 Å². The Labute approximate surface area is 99.1 Å². The van der Waals surface area contributed by atoms with Crippen molar-refractivity contribution in [2.45, 2.75) is 17.7 Å². The SMILES string of the molecule is Nc1ncc(S(=O)(=O)NCC2CC2)cc1Cl. The topological polar surface area (TPSA) is 85.1 Å². The number of aromatic nitrogens is 1. The van der Waals surface area contributed by atoms with Gasteiger partial charge in [-0.3, -0.25) is 0 Å². The predicted molar refractivity (Wildman–Crippen MR) is 61.6 cm³/mol. The van der Waals surface area contributed by atoms with Crippen molar-refractivity contribution in [1.29, 1.82) is 0 Å². The molecule has 3 N–H and O–H groups in total. The number of hydrogen-bond donors (Lipinski definition) is 2. The third kappa shape index (κ3) is 2.63. The van der Waals surface area contributed by atoms with Gasteiger partial charge in [-0.15, -0.1) is 0 Å². The van der Waals surface area contributed by atoms with Crippen molar-refractivity contribution in [2.75, 3.05) is 12.3 Å². The summed E-state index contributed by atoms with van der Waals surface area (Å²) in [5, 5.41) is 0.147. The average molecular weight is 262 g/mol. The van der Waals surface area contributed by atoms with E-state index in [1.54, 1.807) is 0 Å². The van der Waals surface area contributed by atoms with Gasteiger partial charge < -0.3 is 5.73 Å². The number of halogens is 1. The van der Waals surface area contributed by atoms with Crippen LogP contribution in [-0.4, -0.2) is 19.9 Å². The minimum absolute atomic E-state index is 0.0485. The van der Waals surface area contributed by atoms with E-state index in [0.29, 0.717) is 12.5 Å². The summed E-state index contributed by atoms with van der Waals surface area (Å²) in [7, 11) is -3.51. The number of nitrogen functional groups attached to an aromatic ring is 1. The molecule has 16 heavy (non-hydrogen) atoms. The molecule has 1 aromatic rings. The Morgan fingerprint density at radius 2 is 2.25 bits per heavy atom. The highest BCUT2D eigenvalue weighted by molar-refractivity contribution is 7.89. The number of hydrogen-bond acceptors (Lipinski definition) is 4. The van der Waals surface area contributed by atoms with Crippen LogP contribution in [0.15, 0.2) is 17.2 Å². The van der Waals surface area contributed by atoms with Crippen LogP contribution in [0.1, 0.15) is 12.8 Å². The number of nitrogens with zero attached hydrogens (tertiary/aromatic N) is 1. The summed E-state index contributed by atoms with van der Waals surface area (Å²) in [6, 6.07) is 1.30. The number of nitrogens with one attached hydrogen (secondary N) is 1. The van der Waals surface area contributed by atoms with Crippen LogP contribution in [0.3, 0.4) is 0 Å². The van der Waals surface area contributed by atoms with E-state index in [1.807, 2.05) is 0 Å². The van der Waals surface area contributed by atoms with Crippen LogP contribution in [0.25, 0.3) is 0 Å². The van der Waals surface area contributed by atoms with Crippen LogP contribution in [0, 0.1) is 5.92 Å². The molecule has 0 atom stereocenters. The summed E-state index contributed by atoms with van der Waals surface area (Å²) >= 11 is 5.72. The summed E-state index contributed by atoms with van der Waals surface area (Å²) in [6.07, 6.45) is 3.38. The van der Waals surface area contributed by atoms with E-state index in [4.69, 9.17) is 17.3 Å². The van der Waals surface area contributed by atoms with E-state index >= 15 is 0 Å². The van der Waals surface area contributed by atoms with Crippen LogP contribution in [0.2, 0.25) is 5.02 Å². The van der Waals surface area contributed by atoms with Crippen molar-refractivity contribution in [2.24, 2.45) is 5.92 Å². The van der Waals surface area contributed by atoms with Crippen molar-refractivity contribution < 1.29 is 8.42 Å². The highest BCUT2D eigenvalue weighted by Gasteiger charge is 2.24. The first-order chi connectivity index (χ1) is 7.49. The fraction of sp³-hybridized carbons (Fsp3) is 0.444. The standard InChI is InChI=1S/C9H12ClN3O2S/c10-8-3-7(5-12-9(8)11)16(14,15)13-4-6-1-2-6/h3,5-6,13H,1-2,4H2,(H2,11,12). The second-order valence-corrected chi connectivity index (χ2v) is 6.01. The van der Waals surface area contributed by atoms with Gasteiger partial charge >= 0.3 is 0 Å². The molecule has 88 valence electrons. The lowest BCUT2D eigenvalue weighted by Crippen LogP contribution is -2.26. The molecule has 1 saturated carbocycles. The molecule has 0 radical (unpaired) electrons. The largest absolute Gasteiger partial charge is 0.382 e. The molecule has 1 aromatic heterocycles. The summed E-state index contributed by atoms with van der Waals surface area (Å²) < 4.78 is 26.1. The quantitative estimate of drug-likeness (QED) is 0.847. The van der Waals surface area contributed by atoms with Gasteiger partial charge in [-0.2, -0.15) is 0 Å². The second-order valence-electron chi connectivity index (χ2n) is 3.83. The van der Waals surface area contributed by atoms with Crippen molar-refractivity contribution >= 4 is 27.4 Å². The summed E-state index contributed by atoms with van der Waals surface area (Å²) in [6.45, 7) is 0.477. The minimum Gasteiger partial charge on any atom is -0.382 e. The minimum atomic E-state index is -3.51. The van der Waals surface area contributed by atoms with Crippen molar-refractivity contribution in [3.05, 3.63) is 17.3 Å². The normalized spacial score (nSPS) is 16.3. The maximum Gasteiger partial charge on any atom is 0.242 e. The first-order valence-electron chi connectivity index (χ1n) is 4.90. The molecule has 2 rings (SSSR count). The van der Waals surface area contributed by atoms with Gasteiger partial charge in [-0.25, -0.2) is 18.1 Å². The second kappa shape index (κ2) is 4.20. The average Bonchev–Trinajstić information content (AvgIpc) is 3.03. The molecule has 5 nitrogen and oxygen atoms in total. The Kier molecular flexibility index (Phi) is 3.05. The lowest BCUT2D eigenvalue weighted by Gasteiger charge is -2.06. The zero-order valence-electron chi connectivity index (χ0n) is 8.48. The highest BCUT2D eigenvalue weighted by Crippen LogP contribution is 2.28. The lowest BCUT2D eigenvalue weighted by molar-refractivity contribution is 0.577. The third-order valence-corrected chi connectivity index (χ3v) is 4.11. The Hall–Kier alpha value is -0.850. The molecular formula is C9H12ClN3O2S. The highest BCUT2D eigenvalue weighted by atomic mass is 35.5. The number of pyridine rings is 1. The smallest absolute Gasteiger partial charge is 0.242 e. The lowest BCUT2D eigenvalue weighted by atomic mass is 10.4. The maximum absolute atomic E-state index is 11.8. The van der Waals surface area contributed by atoms with Crippen LogP contribution in [-0.2, 0) is 10.0 Å². The number of nitrogens with two attached hydrogens (primary N) is 1. The molecule has 1 aliphatic rings. The van der Waals surface area contributed by atoms with E-state index in [9.17, 15) is 8.42 Å². The van der Waals surface area contributed by atoms with Crippen LogP contribution in [0.5, 0.6) is 0 Å². The zero-order valence-corrected chi connectivity index (χ0v) is 10.1. The van der Waals surface area contributed by atoms with E-state index in [2.05, 4.69) is 9.71 Å². The first kappa shape index (κ1) is 11.6. The van der Waals surface area contributed by atoms with Gasteiger partial charge in [0, 0.05) is 12.7 Å². The van der Waals surface area contributed by atoms with E-state index < -0.39 is 10.0 Å². The molecule has 0 amide bonds. The van der Waals surface area contributed by atoms with Gasteiger partial charge in [0.05, 0.1) is 5.02 Å². The van der Waals surface area contributed by atoms with Crippen molar-refractivity contribution in [1.82, 2.24) is 9.71 Å². The van der Waals surface area contributed by atoms with E-state index in [1.165, 1.54) is 12.3 Å². The molecule has 1 fully saturated rings. The molecule has 7 heteroatoms. The molecule has 0 aliphatic heterocycles. The molecule has 0 spiro atoms. The fourth-order valence-corrected chi connectivity index (χ4v) is 2.53. The fourth-order valence-electron chi connectivity index (χ4n) is 1.21. The monoisotopic (exact) mass is 261 g/mol. The van der Waals surface area contributed by atoms with Gasteiger partial charge in [0.15, 0.2) is 0 Å². The van der Waals surface area contributed by atoms with Crippen LogP contribution < -0.4 is 10.5 Å². The Morgan fingerprint density at radius 3 is 2.81 bits per heavy atom. The molecular weight excluding hydrogens is 250 g/mol. The molecule has 0 unspecified atom stereocenters. The molecule has 0 aromatic carbocycles. The van der Waals surface area contributed by atoms with Gasteiger partial charge in [0.2, 0.25) is 10.0 Å². The number of anilines is 1. The van der Waals surface area contributed by atoms with Gasteiger partial charge in [0.1, 0.15) is 10.7 Å². The Balaban J connectivity index is 2.17. The van der Waals surface area contributed by atoms with Crippen molar-refractivity contribution in [3.8, 4) is 0 Å². The number of sulfonamides is 1. The molecule has 0 bridgehead atoms. The van der Waals surface area contributed by atoms with Gasteiger partial charge in [-0.05, 0) is 24.8 Å². The first-order valence-corrected chi connectivity index (χ1v) is 6.76. The summed E-state index contributed by atoms with van der Waals surface area (Å²) in [4.78, 5) is 3.76. The zero-order chi connectivity index (χ0) is 11.8. The predicted octanol–water partition coefficient (Wildman–Crippen LogP) is 1.01. The van der Waals surface area contributed by atoms with Crippen LogP contribution in [0.4, 0.5) is 5.82 Å². The summed E-state index contributed by atoms with van der Waals surface area (Å²) in [5.41, 5.74) is 5.41. The van der Waals surface area contributed by atoms with Gasteiger partial charge in [-0.1, -0.05) is 11.6 Å². The van der Waals surface area contributed by atoms with Gasteiger partial charge in [0.25, 0.3) is 0 Å². The molecule has 0 saturated heterocycles. The van der Waals surface area contributed by atoms with Crippen molar-refractivity contribution in [3.63, 3.8) is 0 Å². The maximum atomic E-state index is 11.8. The molecule has 1 heterocycles. The Bertz CT molecular complexity index is 499. The van der Waals surface area contributed by atoms with E-state index in [0.717, 1.165) is 12.8 Å². The third-order valence-electron chi connectivity index (χ3n) is 2.41. The number of rotatable bonds is 4. The summed E-state index contributed by atoms with van der Waals surface area (Å²) in [5.74, 6) is 0.606. The molecule has 1 aliphatic carbocycles. The Morgan fingerprint density at radius 1 is 1.56 bits per heavy atom.